The molecule has 1 aliphatic heterocycles. The predicted molar refractivity (Wildman–Crippen MR) is 113 cm³/mol. The molecule has 4 nitrogen and oxygen atoms in total. The molecule has 146 valence electrons. The molecule has 4 rings (SSSR count). The molecular formula is C21H18Cl3NO3. The first kappa shape index (κ1) is 19.6. The van der Waals surface area contributed by atoms with Crippen molar-refractivity contribution < 1.29 is 9.15 Å². The Balaban J connectivity index is 1.74. The van der Waals surface area contributed by atoms with Crippen LogP contribution in [-0.4, -0.2) is 11.6 Å². The first-order valence-corrected chi connectivity index (χ1v) is 10.2. The SMILES string of the molecule is CCCc1cc(=O)oc2c3c(c(Cl)cc12)OCN(Cc1ccc(Cl)c(Cl)c1)C3. The molecule has 0 N–H and O–H groups in total. The zero-order valence-electron chi connectivity index (χ0n) is 15.2. The molecule has 2 heterocycles. The quantitative estimate of drug-likeness (QED) is 0.464. The van der Waals surface area contributed by atoms with Crippen molar-refractivity contribution in [3.05, 3.63) is 72.5 Å². The van der Waals surface area contributed by atoms with Crippen molar-refractivity contribution in [1.82, 2.24) is 4.90 Å². The van der Waals surface area contributed by atoms with E-state index in [1.807, 2.05) is 18.2 Å². The van der Waals surface area contributed by atoms with Gasteiger partial charge in [0, 0.05) is 24.5 Å². The third-order valence-corrected chi connectivity index (χ3v) is 5.82. The van der Waals surface area contributed by atoms with Gasteiger partial charge < -0.3 is 9.15 Å². The van der Waals surface area contributed by atoms with E-state index in [-0.39, 0.29) is 5.63 Å². The Morgan fingerprint density at radius 1 is 1.07 bits per heavy atom. The van der Waals surface area contributed by atoms with Crippen LogP contribution in [0.5, 0.6) is 5.75 Å². The molecule has 0 bridgehead atoms. The van der Waals surface area contributed by atoms with Gasteiger partial charge in [0.15, 0.2) is 0 Å². The van der Waals surface area contributed by atoms with E-state index in [0.717, 1.165) is 34.9 Å². The molecule has 2 aromatic carbocycles. The Morgan fingerprint density at radius 2 is 1.89 bits per heavy atom. The second-order valence-corrected chi connectivity index (χ2v) is 8.11. The van der Waals surface area contributed by atoms with E-state index in [9.17, 15) is 4.79 Å². The van der Waals surface area contributed by atoms with Gasteiger partial charge in [-0.05, 0) is 35.7 Å². The minimum absolute atomic E-state index is 0.359. The lowest BCUT2D eigenvalue weighted by Crippen LogP contribution is -2.32. The van der Waals surface area contributed by atoms with Crippen LogP contribution < -0.4 is 10.4 Å². The standard InChI is InChI=1S/C21H18Cl3NO3/c1-2-3-13-7-19(26)28-20-14(13)8-18(24)21-15(20)10-25(11-27-21)9-12-4-5-16(22)17(23)6-12/h4-8H,2-3,9-11H2,1H3. The third kappa shape index (κ3) is 3.74. The average molecular weight is 439 g/mol. The zero-order chi connectivity index (χ0) is 19.8. The molecule has 0 amide bonds. The summed E-state index contributed by atoms with van der Waals surface area (Å²) in [6, 6.07) is 8.93. The van der Waals surface area contributed by atoms with Crippen LogP contribution in [0.2, 0.25) is 15.1 Å². The molecule has 0 unspecified atom stereocenters. The van der Waals surface area contributed by atoms with Crippen LogP contribution in [0.25, 0.3) is 11.0 Å². The van der Waals surface area contributed by atoms with Gasteiger partial charge >= 0.3 is 5.63 Å². The molecule has 0 spiro atoms. The molecule has 7 heteroatoms. The smallest absolute Gasteiger partial charge is 0.336 e. The van der Waals surface area contributed by atoms with Gasteiger partial charge in [-0.2, -0.15) is 0 Å². The van der Waals surface area contributed by atoms with Gasteiger partial charge in [-0.3, -0.25) is 4.90 Å². The first-order valence-electron chi connectivity index (χ1n) is 9.03. The predicted octanol–water partition coefficient (Wildman–Crippen LogP) is 6.06. The van der Waals surface area contributed by atoms with Crippen LogP contribution in [0.1, 0.15) is 30.0 Å². The van der Waals surface area contributed by atoms with E-state index in [1.54, 1.807) is 12.1 Å². The molecule has 28 heavy (non-hydrogen) atoms. The lowest BCUT2D eigenvalue weighted by Gasteiger charge is -2.30. The van der Waals surface area contributed by atoms with E-state index < -0.39 is 0 Å². The van der Waals surface area contributed by atoms with Gasteiger partial charge in [0.1, 0.15) is 18.1 Å². The van der Waals surface area contributed by atoms with Crippen molar-refractivity contribution in [2.45, 2.75) is 32.9 Å². The second-order valence-electron chi connectivity index (χ2n) is 6.89. The second kappa shape index (κ2) is 7.96. The van der Waals surface area contributed by atoms with E-state index in [4.69, 9.17) is 44.0 Å². The Morgan fingerprint density at radius 3 is 2.64 bits per heavy atom. The monoisotopic (exact) mass is 437 g/mol. The van der Waals surface area contributed by atoms with Crippen LogP contribution in [0, 0.1) is 0 Å². The summed E-state index contributed by atoms with van der Waals surface area (Å²) in [6.07, 6.45) is 1.71. The summed E-state index contributed by atoms with van der Waals surface area (Å²) < 4.78 is 11.5. The number of hydrogen-bond acceptors (Lipinski definition) is 4. The largest absolute Gasteiger partial charge is 0.476 e. The minimum atomic E-state index is -0.359. The molecule has 1 aliphatic rings. The van der Waals surface area contributed by atoms with E-state index in [0.29, 0.717) is 46.2 Å². The van der Waals surface area contributed by atoms with Gasteiger partial charge in [0.05, 0.1) is 20.6 Å². The van der Waals surface area contributed by atoms with E-state index in [1.165, 1.54) is 0 Å². The fourth-order valence-electron chi connectivity index (χ4n) is 3.57. The van der Waals surface area contributed by atoms with Gasteiger partial charge in [0.25, 0.3) is 0 Å². The topological polar surface area (TPSA) is 42.7 Å². The summed E-state index contributed by atoms with van der Waals surface area (Å²) in [7, 11) is 0. The summed E-state index contributed by atoms with van der Waals surface area (Å²) in [6.45, 7) is 3.61. The number of benzene rings is 2. The van der Waals surface area contributed by atoms with Crippen LogP contribution >= 0.6 is 34.8 Å². The minimum Gasteiger partial charge on any atom is -0.476 e. The van der Waals surface area contributed by atoms with Gasteiger partial charge in [0.2, 0.25) is 0 Å². The number of halogens is 3. The fourth-order valence-corrected chi connectivity index (χ4v) is 4.17. The summed E-state index contributed by atoms with van der Waals surface area (Å²) in [5, 5.41) is 2.43. The highest BCUT2D eigenvalue weighted by Crippen LogP contribution is 2.39. The summed E-state index contributed by atoms with van der Waals surface area (Å²) >= 11 is 18.6. The van der Waals surface area contributed by atoms with Crippen LogP contribution in [0.4, 0.5) is 0 Å². The van der Waals surface area contributed by atoms with Crippen LogP contribution in [0.3, 0.4) is 0 Å². The molecule has 0 saturated heterocycles. The molecule has 0 atom stereocenters. The van der Waals surface area contributed by atoms with E-state index >= 15 is 0 Å². The number of ether oxygens (including phenoxy) is 1. The number of aryl methyl sites for hydroxylation is 1. The zero-order valence-corrected chi connectivity index (χ0v) is 17.5. The molecule has 0 aliphatic carbocycles. The lowest BCUT2D eigenvalue weighted by molar-refractivity contribution is 0.0890. The summed E-state index contributed by atoms with van der Waals surface area (Å²) in [4.78, 5) is 14.2. The highest BCUT2D eigenvalue weighted by Gasteiger charge is 2.25. The van der Waals surface area contributed by atoms with Gasteiger partial charge in [-0.25, -0.2) is 4.79 Å². The van der Waals surface area contributed by atoms with Crippen LogP contribution in [0.15, 0.2) is 39.5 Å². The lowest BCUT2D eigenvalue weighted by atomic mass is 10.0. The van der Waals surface area contributed by atoms with Gasteiger partial charge in [-0.15, -0.1) is 0 Å². The summed E-state index contributed by atoms with van der Waals surface area (Å²) in [5.74, 6) is 0.580. The van der Waals surface area contributed by atoms with Crippen molar-refractivity contribution in [2.75, 3.05) is 6.73 Å². The Hall–Kier alpha value is -1.72. The highest BCUT2D eigenvalue weighted by molar-refractivity contribution is 6.42. The van der Waals surface area contributed by atoms with Crippen LogP contribution in [-0.2, 0) is 19.5 Å². The molecule has 0 saturated carbocycles. The van der Waals surface area contributed by atoms with E-state index in [2.05, 4.69) is 11.8 Å². The summed E-state index contributed by atoms with van der Waals surface area (Å²) in [5.41, 5.74) is 2.95. The van der Waals surface area contributed by atoms with Crippen molar-refractivity contribution in [1.29, 1.82) is 0 Å². The first-order chi connectivity index (χ1) is 13.5. The molecule has 0 fully saturated rings. The maximum Gasteiger partial charge on any atom is 0.336 e. The number of hydrogen-bond donors (Lipinski definition) is 0. The normalized spacial score (nSPS) is 14.1. The third-order valence-electron chi connectivity index (χ3n) is 4.80. The highest BCUT2D eigenvalue weighted by atomic mass is 35.5. The Kier molecular flexibility index (Phi) is 5.57. The number of fused-ring (bicyclic) bond motifs is 3. The maximum atomic E-state index is 12.1. The molecular weight excluding hydrogens is 421 g/mol. The van der Waals surface area contributed by atoms with Crippen molar-refractivity contribution in [3.63, 3.8) is 0 Å². The molecule has 3 aromatic rings. The van der Waals surface area contributed by atoms with Crippen molar-refractivity contribution in [3.8, 4) is 5.75 Å². The van der Waals surface area contributed by atoms with Crippen molar-refractivity contribution >= 4 is 45.8 Å². The maximum absolute atomic E-state index is 12.1. The number of rotatable bonds is 4. The van der Waals surface area contributed by atoms with Crippen molar-refractivity contribution in [2.24, 2.45) is 0 Å². The number of nitrogens with zero attached hydrogens (tertiary/aromatic N) is 1. The molecule has 1 aromatic heterocycles. The van der Waals surface area contributed by atoms with Gasteiger partial charge in [-0.1, -0.05) is 54.2 Å². The fraction of sp³-hybridized carbons (Fsp3) is 0.286. The molecule has 0 radical (unpaired) electrons. The Labute approximate surface area is 177 Å². The Bertz CT molecular complexity index is 1110. The average Bonchev–Trinajstić information content (AvgIpc) is 2.66.